The van der Waals surface area contributed by atoms with Gasteiger partial charge in [-0.3, -0.25) is 9.78 Å². The molecular formula is C39H38N3O3+. The SMILES string of the molecule is CCCCCCC(CCCCCC)C1C(=O)n2cc3ccc4c5c(=O)cc6cncc7ccc(c8ccc(c2[N+]1=O)c3c84)c5c76. The Bertz CT molecular complexity index is 2320. The Morgan fingerprint density at radius 1 is 0.689 bits per heavy atom. The first-order valence-electron chi connectivity index (χ1n) is 16.8. The molecule has 226 valence electrons. The molecule has 0 spiro atoms. The number of aromatic nitrogens is 2. The average Bonchev–Trinajstić information content (AvgIpc) is 3.30. The molecule has 1 aliphatic rings. The van der Waals surface area contributed by atoms with Crippen LogP contribution in [0.3, 0.4) is 0 Å². The molecule has 0 radical (unpaired) electrons. The molecule has 5 aromatic carbocycles. The zero-order valence-electron chi connectivity index (χ0n) is 26.1. The minimum atomic E-state index is -0.709. The smallest absolute Gasteiger partial charge is 0.289 e. The van der Waals surface area contributed by atoms with Crippen molar-refractivity contribution in [1.29, 1.82) is 0 Å². The molecule has 0 amide bonds. The second-order valence-corrected chi connectivity index (χ2v) is 13.2. The molecule has 3 heterocycles. The summed E-state index contributed by atoms with van der Waals surface area (Å²) in [6.45, 7) is 4.41. The number of rotatable bonds is 11. The molecule has 0 bridgehead atoms. The highest BCUT2D eigenvalue weighted by molar-refractivity contribution is 6.39. The normalized spacial score (nSPS) is 15.5. The topological polar surface area (TPSA) is 72.0 Å². The first-order valence-corrected chi connectivity index (χ1v) is 16.8. The maximum Gasteiger partial charge on any atom is 0.363 e. The number of hydrogen-bond acceptors (Lipinski definition) is 4. The molecule has 6 nitrogen and oxygen atoms in total. The summed E-state index contributed by atoms with van der Waals surface area (Å²) >= 11 is 0. The summed E-state index contributed by atoms with van der Waals surface area (Å²) in [5.74, 6) is 0.342. The van der Waals surface area contributed by atoms with Crippen molar-refractivity contribution in [2.75, 3.05) is 0 Å². The number of benzene rings is 5. The van der Waals surface area contributed by atoms with Gasteiger partial charge in [-0.05, 0) is 51.3 Å². The number of fused-ring (bicyclic) bond motifs is 4. The third-order valence-corrected chi connectivity index (χ3v) is 10.5. The van der Waals surface area contributed by atoms with Crippen molar-refractivity contribution in [3.8, 4) is 0 Å². The molecule has 0 N–H and O–H groups in total. The van der Waals surface area contributed by atoms with Crippen molar-refractivity contribution in [2.45, 2.75) is 84.1 Å². The van der Waals surface area contributed by atoms with Crippen LogP contribution in [-0.2, 0) is 0 Å². The maximum atomic E-state index is 14.3. The van der Waals surface area contributed by atoms with Gasteiger partial charge >= 0.3 is 11.7 Å². The number of pyridine rings is 2. The fourth-order valence-corrected chi connectivity index (χ4v) is 8.36. The zero-order chi connectivity index (χ0) is 30.8. The monoisotopic (exact) mass is 596 g/mol. The number of carbonyl (C=O) groups is 1. The largest absolute Gasteiger partial charge is 0.363 e. The van der Waals surface area contributed by atoms with Gasteiger partial charge in [-0.25, -0.2) is 4.79 Å². The quantitative estimate of drug-likeness (QED) is 0.0645. The van der Waals surface area contributed by atoms with Gasteiger partial charge in [0.05, 0.1) is 5.39 Å². The Balaban J connectivity index is 1.32. The number of hydrogen-bond donors (Lipinski definition) is 0. The van der Waals surface area contributed by atoms with Crippen LogP contribution in [0, 0.1) is 10.8 Å². The van der Waals surface area contributed by atoms with Crippen LogP contribution in [-0.4, -0.2) is 26.3 Å². The molecule has 7 aromatic rings. The van der Waals surface area contributed by atoms with E-state index in [0.717, 1.165) is 115 Å². The summed E-state index contributed by atoms with van der Waals surface area (Å²) in [4.78, 5) is 46.5. The second-order valence-electron chi connectivity index (χ2n) is 13.2. The average molecular weight is 597 g/mol. The van der Waals surface area contributed by atoms with Crippen molar-refractivity contribution >= 4 is 76.4 Å². The summed E-state index contributed by atoms with van der Waals surface area (Å²) in [6, 6.07) is 13.3. The fraction of sp³-hybridized carbons (Fsp3) is 0.359. The predicted octanol–water partition coefficient (Wildman–Crippen LogP) is 10.0. The molecule has 8 rings (SSSR count). The van der Waals surface area contributed by atoms with E-state index in [4.69, 9.17) is 0 Å². The highest BCUT2D eigenvalue weighted by Gasteiger charge is 2.50. The maximum absolute atomic E-state index is 14.3. The van der Waals surface area contributed by atoms with Crippen molar-refractivity contribution in [1.82, 2.24) is 9.55 Å². The lowest BCUT2D eigenvalue weighted by Gasteiger charge is -2.18. The van der Waals surface area contributed by atoms with Gasteiger partial charge in [0.2, 0.25) is 6.04 Å². The predicted molar refractivity (Wildman–Crippen MR) is 185 cm³/mol. The van der Waals surface area contributed by atoms with Crippen LogP contribution >= 0.6 is 0 Å². The van der Waals surface area contributed by atoms with E-state index < -0.39 is 6.04 Å². The van der Waals surface area contributed by atoms with Crippen LogP contribution in [0.1, 0.15) is 82.9 Å². The van der Waals surface area contributed by atoms with Gasteiger partial charge in [0.1, 0.15) is 6.20 Å². The van der Waals surface area contributed by atoms with Crippen molar-refractivity contribution in [3.63, 3.8) is 0 Å². The van der Waals surface area contributed by atoms with Gasteiger partial charge < -0.3 is 0 Å². The summed E-state index contributed by atoms with van der Waals surface area (Å²) in [5, 5.41) is 11.2. The molecule has 0 fully saturated rings. The highest BCUT2D eigenvalue weighted by Crippen LogP contribution is 2.47. The van der Waals surface area contributed by atoms with Crippen LogP contribution in [0.15, 0.2) is 65.8 Å². The van der Waals surface area contributed by atoms with E-state index in [1.165, 1.54) is 12.8 Å². The lowest BCUT2D eigenvalue weighted by atomic mass is 9.86. The van der Waals surface area contributed by atoms with Gasteiger partial charge in [0.15, 0.2) is 5.43 Å². The summed E-state index contributed by atoms with van der Waals surface area (Å²) in [5.41, 5.74) is -0.0276. The third kappa shape index (κ3) is 4.11. The first-order chi connectivity index (χ1) is 22.0. The van der Waals surface area contributed by atoms with Crippen molar-refractivity contribution in [3.05, 3.63) is 76.2 Å². The van der Waals surface area contributed by atoms with E-state index >= 15 is 0 Å². The number of nitroso groups, excluding NO2 is 1. The molecular weight excluding hydrogens is 558 g/mol. The van der Waals surface area contributed by atoms with Gasteiger partial charge in [-0.2, -0.15) is 4.57 Å². The summed E-state index contributed by atoms with van der Waals surface area (Å²) in [6.07, 6.45) is 16.3. The number of nitrogens with zero attached hydrogens (tertiary/aromatic N) is 3. The van der Waals surface area contributed by atoms with Gasteiger partial charge in [0.25, 0.3) is 0 Å². The highest BCUT2D eigenvalue weighted by atomic mass is 16.3. The molecule has 1 aliphatic heterocycles. The molecule has 6 heteroatoms. The van der Waals surface area contributed by atoms with Gasteiger partial charge in [-0.1, -0.05) is 100 Å². The molecule has 0 saturated carbocycles. The molecule has 0 saturated heterocycles. The Morgan fingerprint density at radius 2 is 1.33 bits per heavy atom. The number of carbonyl (C=O) groups excluding carboxylic acids is 1. The standard InChI is InChI=1S/C39H38N3O3/c1-3-5-7-9-11-23(12-10-8-6-4-2)37-39(44)41-22-25-14-16-29-34-27(17-18-30(33(25)34)38(41)42(37)45)28-15-13-24-20-40-21-26-19-31(43)35(29)36(28)32(24)26/h13-23,37H,3-12H2,1-2H3/q+1. The molecule has 45 heavy (non-hydrogen) atoms. The first kappa shape index (κ1) is 28.1. The van der Waals surface area contributed by atoms with E-state index in [0.29, 0.717) is 11.2 Å². The van der Waals surface area contributed by atoms with Crippen molar-refractivity contribution in [2.24, 2.45) is 5.92 Å². The summed E-state index contributed by atoms with van der Waals surface area (Å²) < 4.78 is 2.66. The van der Waals surface area contributed by atoms with E-state index in [-0.39, 0.29) is 17.3 Å². The van der Waals surface area contributed by atoms with Crippen LogP contribution in [0.5, 0.6) is 0 Å². The molecule has 2 aromatic heterocycles. The minimum Gasteiger partial charge on any atom is -0.289 e. The van der Waals surface area contributed by atoms with E-state index in [1.807, 2.05) is 30.6 Å². The summed E-state index contributed by atoms with van der Waals surface area (Å²) in [7, 11) is 0. The van der Waals surface area contributed by atoms with Crippen LogP contribution in [0.25, 0.3) is 64.6 Å². The zero-order valence-corrected chi connectivity index (χ0v) is 26.1. The van der Waals surface area contributed by atoms with Crippen molar-refractivity contribution < 1.29 is 9.55 Å². The number of unbranched alkanes of at least 4 members (excludes halogenated alkanes) is 6. The second kappa shape index (κ2) is 10.9. The lowest BCUT2D eigenvalue weighted by molar-refractivity contribution is -0.492. The third-order valence-electron chi connectivity index (χ3n) is 10.5. The fourth-order valence-electron chi connectivity index (χ4n) is 8.36. The van der Waals surface area contributed by atoms with Gasteiger partial charge in [0, 0.05) is 56.0 Å². The van der Waals surface area contributed by atoms with E-state index in [9.17, 15) is 14.5 Å². The Kier molecular flexibility index (Phi) is 6.77. The molecule has 0 aliphatic carbocycles. The Hall–Kier alpha value is -4.45. The van der Waals surface area contributed by atoms with Crippen LogP contribution in [0.4, 0.5) is 5.82 Å². The van der Waals surface area contributed by atoms with E-state index in [1.54, 1.807) is 16.8 Å². The van der Waals surface area contributed by atoms with Crippen LogP contribution in [0.2, 0.25) is 0 Å². The lowest BCUT2D eigenvalue weighted by Crippen LogP contribution is -2.33. The molecule has 1 atom stereocenters. The van der Waals surface area contributed by atoms with Gasteiger partial charge in [-0.15, -0.1) is 0 Å². The Labute approximate surface area is 261 Å². The minimum absolute atomic E-state index is 0.0253. The van der Waals surface area contributed by atoms with E-state index in [2.05, 4.69) is 37.0 Å². The van der Waals surface area contributed by atoms with Crippen LogP contribution < -0.4 is 5.43 Å². The molecule has 1 unspecified atom stereocenters. The Morgan fingerprint density at radius 3 is 2.09 bits per heavy atom.